The largest absolute Gasteiger partial charge is 0.366 e. The molecular weight excluding hydrogens is 242 g/mol. The fraction of sp³-hybridized carbons (Fsp3) is 0.0909. The fourth-order valence-electron chi connectivity index (χ4n) is 1.15. The van der Waals surface area contributed by atoms with Gasteiger partial charge in [0.1, 0.15) is 0 Å². The zero-order valence-electron chi connectivity index (χ0n) is 8.94. The molecule has 1 aromatic rings. The summed E-state index contributed by atoms with van der Waals surface area (Å²) in [5.74, 6) is -0.989. The Morgan fingerprint density at radius 1 is 1.41 bits per heavy atom. The molecule has 0 aromatic heterocycles. The molecule has 0 fully saturated rings. The van der Waals surface area contributed by atoms with E-state index in [2.05, 4.69) is 5.32 Å². The van der Waals surface area contributed by atoms with E-state index in [0.29, 0.717) is 5.69 Å². The molecule has 1 rings (SSSR count). The predicted octanol–water partition coefficient (Wildman–Crippen LogP) is 0.892. The van der Waals surface area contributed by atoms with Crippen molar-refractivity contribution in [1.29, 1.82) is 0 Å². The summed E-state index contributed by atoms with van der Waals surface area (Å²) in [7, 11) is 0. The smallest absolute Gasteiger partial charge is 0.250 e. The Morgan fingerprint density at radius 2 is 2.12 bits per heavy atom. The standard InChI is InChI=1S/C11H12ClN3O2/c12-9-4-3-7(6-8(9)11(14)17)15-10(16)2-1-5-13/h1-4,6H,5,13H2,(H2,14,17)(H,15,16)/b2-1+. The van der Waals surface area contributed by atoms with E-state index in [-0.39, 0.29) is 23.0 Å². The van der Waals surface area contributed by atoms with Gasteiger partial charge in [0, 0.05) is 18.3 Å². The third kappa shape index (κ3) is 3.90. The minimum atomic E-state index is -0.649. The number of anilines is 1. The van der Waals surface area contributed by atoms with Crippen molar-refractivity contribution < 1.29 is 9.59 Å². The number of hydrogen-bond acceptors (Lipinski definition) is 3. The van der Waals surface area contributed by atoms with Crippen LogP contribution in [0.2, 0.25) is 5.02 Å². The SMILES string of the molecule is NC/C=C/C(=O)Nc1ccc(Cl)c(C(N)=O)c1. The summed E-state index contributed by atoms with van der Waals surface area (Å²) >= 11 is 5.77. The third-order valence-corrected chi connectivity index (χ3v) is 2.23. The number of primary amides is 1. The van der Waals surface area contributed by atoms with Gasteiger partial charge in [0.25, 0.3) is 0 Å². The van der Waals surface area contributed by atoms with Crippen LogP contribution in [0.25, 0.3) is 0 Å². The zero-order chi connectivity index (χ0) is 12.8. The molecule has 0 saturated heterocycles. The van der Waals surface area contributed by atoms with E-state index in [0.717, 1.165) is 0 Å². The number of carbonyl (C=O) groups is 2. The summed E-state index contributed by atoms with van der Waals surface area (Å²) in [4.78, 5) is 22.4. The van der Waals surface area contributed by atoms with Crippen molar-refractivity contribution in [3.8, 4) is 0 Å². The molecule has 0 saturated carbocycles. The first kappa shape index (κ1) is 13.2. The van der Waals surface area contributed by atoms with Crippen LogP contribution in [0.3, 0.4) is 0 Å². The van der Waals surface area contributed by atoms with E-state index in [4.69, 9.17) is 23.1 Å². The number of halogens is 1. The van der Waals surface area contributed by atoms with Crippen LogP contribution in [0.15, 0.2) is 30.4 Å². The lowest BCUT2D eigenvalue weighted by Crippen LogP contribution is -2.13. The summed E-state index contributed by atoms with van der Waals surface area (Å²) in [5.41, 5.74) is 10.9. The summed E-state index contributed by atoms with van der Waals surface area (Å²) in [6.07, 6.45) is 2.82. The minimum Gasteiger partial charge on any atom is -0.366 e. The molecule has 0 unspecified atom stereocenters. The maximum atomic E-state index is 11.3. The lowest BCUT2D eigenvalue weighted by atomic mass is 10.2. The topological polar surface area (TPSA) is 98.2 Å². The molecule has 0 heterocycles. The highest BCUT2D eigenvalue weighted by Crippen LogP contribution is 2.20. The number of nitrogens with one attached hydrogen (secondary N) is 1. The van der Waals surface area contributed by atoms with Crippen molar-refractivity contribution in [1.82, 2.24) is 0 Å². The Kier molecular flexibility index (Phi) is 4.68. The van der Waals surface area contributed by atoms with Crippen LogP contribution in [0.1, 0.15) is 10.4 Å². The van der Waals surface area contributed by atoms with Gasteiger partial charge in [-0.25, -0.2) is 0 Å². The van der Waals surface area contributed by atoms with Crippen LogP contribution >= 0.6 is 11.6 Å². The number of carbonyl (C=O) groups excluding carboxylic acids is 2. The van der Waals surface area contributed by atoms with Crippen LogP contribution in [0.4, 0.5) is 5.69 Å². The summed E-state index contributed by atoms with van der Waals surface area (Å²) in [6.45, 7) is 0.278. The van der Waals surface area contributed by atoms with Crippen LogP contribution < -0.4 is 16.8 Å². The summed E-state index contributed by atoms with van der Waals surface area (Å²) in [6, 6.07) is 4.48. The molecule has 6 heteroatoms. The lowest BCUT2D eigenvalue weighted by Gasteiger charge is -2.05. The number of nitrogens with two attached hydrogens (primary N) is 2. The maximum absolute atomic E-state index is 11.3. The molecule has 0 aliphatic rings. The van der Waals surface area contributed by atoms with E-state index >= 15 is 0 Å². The number of amides is 2. The Morgan fingerprint density at radius 3 is 2.71 bits per heavy atom. The minimum absolute atomic E-state index is 0.160. The Labute approximate surface area is 103 Å². The number of benzene rings is 1. The second kappa shape index (κ2) is 6.03. The van der Waals surface area contributed by atoms with Crippen molar-refractivity contribution in [2.45, 2.75) is 0 Å². The van der Waals surface area contributed by atoms with Crippen LogP contribution in [0, 0.1) is 0 Å². The second-order valence-electron chi connectivity index (χ2n) is 3.19. The van der Waals surface area contributed by atoms with Crippen molar-refractivity contribution in [2.24, 2.45) is 11.5 Å². The van der Waals surface area contributed by atoms with Crippen LogP contribution in [-0.2, 0) is 4.79 Å². The van der Waals surface area contributed by atoms with Gasteiger partial charge in [-0.3, -0.25) is 9.59 Å². The monoisotopic (exact) mass is 253 g/mol. The van der Waals surface area contributed by atoms with E-state index in [1.165, 1.54) is 24.3 Å². The van der Waals surface area contributed by atoms with Gasteiger partial charge in [0.05, 0.1) is 10.6 Å². The van der Waals surface area contributed by atoms with Crippen molar-refractivity contribution in [2.75, 3.05) is 11.9 Å². The first-order valence-corrected chi connectivity index (χ1v) is 5.19. The molecule has 1 aromatic carbocycles. The van der Waals surface area contributed by atoms with Crippen LogP contribution in [-0.4, -0.2) is 18.4 Å². The Balaban J connectivity index is 2.86. The third-order valence-electron chi connectivity index (χ3n) is 1.90. The van der Waals surface area contributed by atoms with Gasteiger partial charge in [0.15, 0.2) is 0 Å². The van der Waals surface area contributed by atoms with E-state index in [1.54, 1.807) is 6.07 Å². The molecule has 0 spiro atoms. The normalized spacial score (nSPS) is 10.5. The van der Waals surface area contributed by atoms with Gasteiger partial charge in [-0.1, -0.05) is 17.7 Å². The molecular formula is C11H12ClN3O2. The fourth-order valence-corrected chi connectivity index (χ4v) is 1.36. The van der Waals surface area contributed by atoms with Gasteiger partial charge in [-0.2, -0.15) is 0 Å². The van der Waals surface area contributed by atoms with Gasteiger partial charge in [-0.15, -0.1) is 0 Å². The second-order valence-corrected chi connectivity index (χ2v) is 3.59. The van der Waals surface area contributed by atoms with Gasteiger partial charge in [0.2, 0.25) is 11.8 Å². The highest BCUT2D eigenvalue weighted by atomic mass is 35.5. The summed E-state index contributed by atoms with van der Waals surface area (Å²) < 4.78 is 0. The Hall–Kier alpha value is -1.85. The highest BCUT2D eigenvalue weighted by Gasteiger charge is 2.08. The number of hydrogen-bond donors (Lipinski definition) is 3. The molecule has 90 valence electrons. The average molecular weight is 254 g/mol. The molecule has 0 aliphatic heterocycles. The molecule has 0 atom stereocenters. The lowest BCUT2D eigenvalue weighted by molar-refractivity contribution is -0.111. The molecule has 5 nitrogen and oxygen atoms in total. The highest BCUT2D eigenvalue weighted by molar-refractivity contribution is 6.34. The van der Waals surface area contributed by atoms with Crippen LogP contribution in [0.5, 0.6) is 0 Å². The molecule has 17 heavy (non-hydrogen) atoms. The maximum Gasteiger partial charge on any atom is 0.250 e. The molecule has 0 bridgehead atoms. The first-order chi connectivity index (χ1) is 8.04. The predicted molar refractivity (Wildman–Crippen MR) is 66.8 cm³/mol. The van der Waals surface area contributed by atoms with Crippen molar-refractivity contribution in [3.63, 3.8) is 0 Å². The average Bonchev–Trinajstić information content (AvgIpc) is 2.28. The van der Waals surface area contributed by atoms with Gasteiger partial charge in [-0.05, 0) is 18.2 Å². The molecule has 0 radical (unpaired) electrons. The van der Waals surface area contributed by atoms with Crippen molar-refractivity contribution in [3.05, 3.63) is 40.9 Å². The van der Waals surface area contributed by atoms with Crippen molar-refractivity contribution >= 4 is 29.1 Å². The van der Waals surface area contributed by atoms with Gasteiger partial charge >= 0.3 is 0 Å². The first-order valence-electron chi connectivity index (χ1n) is 4.81. The zero-order valence-corrected chi connectivity index (χ0v) is 9.70. The molecule has 0 aliphatic carbocycles. The Bertz CT molecular complexity index is 472. The summed E-state index contributed by atoms with van der Waals surface area (Å²) in [5, 5.41) is 2.80. The molecule has 2 amide bonds. The van der Waals surface area contributed by atoms with E-state index < -0.39 is 5.91 Å². The quantitative estimate of drug-likeness (QED) is 0.695. The molecule has 5 N–H and O–H groups in total. The van der Waals surface area contributed by atoms with E-state index in [1.807, 2.05) is 0 Å². The van der Waals surface area contributed by atoms with Gasteiger partial charge < -0.3 is 16.8 Å². The van der Waals surface area contributed by atoms with E-state index in [9.17, 15) is 9.59 Å². The number of rotatable bonds is 4.